The van der Waals surface area contributed by atoms with E-state index >= 15 is 0 Å². The third kappa shape index (κ3) is 4.08. The maximum absolute atomic E-state index is 13.1. The lowest BCUT2D eigenvalue weighted by molar-refractivity contribution is -0.151. The zero-order chi connectivity index (χ0) is 23.0. The molecule has 168 valence electrons. The summed E-state index contributed by atoms with van der Waals surface area (Å²) in [6.45, 7) is 0. The van der Waals surface area contributed by atoms with E-state index in [2.05, 4.69) is 20.8 Å². The first-order valence-electron chi connectivity index (χ1n) is 9.27. The SMILES string of the molecule is Cn1nnnc1SCC1=C(C(=O)O)N2C(=O)[C@@H](NC(=O)C(O)c3ccc(F)cc3)[C@H]2SC1. The Balaban J connectivity index is 1.45. The Morgan fingerprint density at radius 3 is 2.72 bits per heavy atom. The quantitative estimate of drug-likeness (QED) is 0.362. The topological polar surface area (TPSA) is 151 Å². The molecule has 2 aliphatic heterocycles. The first kappa shape index (κ1) is 22.2. The lowest BCUT2D eigenvalue weighted by Crippen LogP contribution is -2.70. The maximum atomic E-state index is 13.1. The predicted octanol–water partition coefficient (Wildman–Crippen LogP) is -0.0865. The van der Waals surface area contributed by atoms with Crippen molar-refractivity contribution in [3.63, 3.8) is 0 Å². The monoisotopic (exact) mass is 480 g/mol. The number of hydrogen-bond donors (Lipinski definition) is 3. The molecule has 14 heteroatoms. The van der Waals surface area contributed by atoms with Crippen LogP contribution < -0.4 is 5.32 Å². The average molecular weight is 481 g/mol. The molecule has 0 aliphatic carbocycles. The zero-order valence-electron chi connectivity index (χ0n) is 16.5. The summed E-state index contributed by atoms with van der Waals surface area (Å²) in [5.41, 5.74) is 0.592. The highest BCUT2D eigenvalue weighted by Gasteiger charge is 2.54. The molecule has 1 saturated heterocycles. The molecule has 0 spiro atoms. The molecule has 4 rings (SSSR count). The lowest BCUT2D eigenvalue weighted by atomic mass is 10.0. The Bertz CT molecular complexity index is 1110. The molecule has 2 amide bonds. The number of β-lactam (4-membered cyclic amide) rings is 1. The van der Waals surface area contributed by atoms with E-state index in [9.17, 15) is 29.0 Å². The predicted molar refractivity (Wildman–Crippen MR) is 111 cm³/mol. The molecule has 11 nitrogen and oxygen atoms in total. The van der Waals surface area contributed by atoms with Gasteiger partial charge < -0.3 is 15.5 Å². The van der Waals surface area contributed by atoms with Crippen LogP contribution in [0.3, 0.4) is 0 Å². The van der Waals surface area contributed by atoms with E-state index in [4.69, 9.17) is 0 Å². The maximum Gasteiger partial charge on any atom is 0.352 e. The van der Waals surface area contributed by atoms with Crippen molar-refractivity contribution < 1.29 is 29.0 Å². The van der Waals surface area contributed by atoms with Gasteiger partial charge in [0.05, 0.1) is 0 Å². The highest BCUT2D eigenvalue weighted by molar-refractivity contribution is 8.01. The molecule has 32 heavy (non-hydrogen) atoms. The summed E-state index contributed by atoms with van der Waals surface area (Å²) >= 11 is 2.56. The van der Waals surface area contributed by atoms with Crippen LogP contribution in [-0.2, 0) is 21.4 Å². The summed E-state index contributed by atoms with van der Waals surface area (Å²) in [7, 11) is 1.66. The summed E-state index contributed by atoms with van der Waals surface area (Å²) in [5.74, 6) is -2.55. The van der Waals surface area contributed by atoms with Gasteiger partial charge in [-0.25, -0.2) is 13.9 Å². The van der Waals surface area contributed by atoms with Crippen LogP contribution in [-0.4, -0.2) is 76.0 Å². The number of aliphatic hydroxyl groups excluding tert-OH is 1. The minimum atomic E-state index is -1.59. The summed E-state index contributed by atoms with van der Waals surface area (Å²) in [4.78, 5) is 38.2. The van der Waals surface area contributed by atoms with Gasteiger partial charge >= 0.3 is 5.97 Å². The number of hydrogen-bond acceptors (Lipinski definition) is 9. The number of thioether (sulfide) groups is 2. The van der Waals surface area contributed by atoms with Gasteiger partial charge in [-0.1, -0.05) is 23.9 Å². The number of tetrazole rings is 1. The standard InChI is InChI=1S/C18H17FN6O5S2/c1-24-18(21-22-23-24)32-7-9-6-31-16-11(15(28)25(16)12(9)17(29)30)20-14(27)13(26)8-2-4-10(19)5-3-8/h2-5,11,13,16,26H,6-7H2,1H3,(H,20,27)(H,29,30)/t11-,13?,16-/m1/s1. The molecule has 1 aromatic heterocycles. The van der Waals surface area contributed by atoms with Gasteiger partial charge in [0.1, 0.15) is 22.9 Å². The minimum Gasteiger partial charge on any atom is -0.477 e. The van der Waals surface area contributed by atoms with Crippen molar-refractivity contribution in [3.05, 3.63) is 46.9 Å². The summed E-state index contributed by atoms with van der Waals surface area (Å²) in [5, 5.41) is 33.4. The van der Waals surface area contributed by atoms with Gasteiger partial charge in [-0.05, 0) is 33.7 Å². The number of aromatic nitrogens is 4. The molecule has 1 unspecified atom stereocenters. The molecule has 1 aromatic carbocycles. The largest absolute Gasteiger partial charge is 0.477 e. The normalized spacial score (nSPS) is 21.1. The van der Waals surface area contributed by atoms with Gasteiger partial charge in [-0.2, -0.15) is 0 Å². The molecular formula is C18H17FN6O5S2. The van der Waals surface area contributed by atoms with Crippen LogP contribution in [0.25, 0.3) is 0 Å². The molecule has 2 aromatic rings. The van der Waals surface area contributed by atoms with E-state index in [1.165, 1.54) is 40.3 Å². The zero-order valence-corrected chi connectivity index (χ0v) is 18.1. The van der Waals surface area contributed by atoms with Crippen LogP contribution in [0.15, 0.2) is 40.7 Å². The third-order valence-electron chi connectivity index (χ3n) is 4.94. The number of carboxylic acids is 1. The molecule has 3 atom stereocenters. The van der Waals surface area contributed by atoms with E-state index in [-0.39, 0.29) is 17.0 Å². The molecule has 1 fully saturated rings. The van der Waals surface area contributed by atoms with Gasteiger partial charge in [0, 0.05) is 18.6 Å². The van der Waals surface area contributed by atoms with Gasteiger partial charge in [-0.3, -0.25) is 14.5 Å². The number of carboxylic acid groups (broad SMARTS) is 1. The molecular weight excluding hydrogens is 463 g/mol. The van der Waals surface area contributed by atoms with E-state index in [0.717, 1.165) is 17.0 Å². The van der Waals surface area contributed by atoms with Crippen molar-refractivity contribution in [2.75, 3.05) is 11.5 Å². The fourth-order valence-electron chi connectivity index (χ4n) is 3.32. The van der Waals surface area contributed by atoms with Crippen LogP contribution in [0, 0.1) is 5.82 Å². The van der Waals surface area contributed by atoms with Crippen molar-refractivity contribution in [2.45, 2.75) is 22.7 Å². The summed E-state index contributed by atoms with van der Waals surface area (Å²) in [6, 6.07) is 3.78. The second-order valence-corrected chi connectivity index (χ2v) is 9.03. The van der Waals surface area contributed by atoms with Crippen LogP contribution >= 0.6 is 23.5 Å². The molecule has 2 aliphatic rings. The van der Waals surface area contributed by atoms with E-state index < -0.39 is 41.1 Å². The van der Waals surface area contributed by atoms with Crippen molar-refractivity contribution >= 4 is 41.3 Å². The lowest BCUT2D eigenvalue weighted by Gasteiger charge is -2.49. The number of amides is 2. The Kier molecular flexibility index (Phi) is 6.17. The van der Waals surface area contributed by atoms with Gasteiger partial charge in [0.25, 0.3) is 11.8 Å². The number of rotatable bonds is 7. The second-order valence-electron chi connectivity index (χ2n) is 6.98. The Labute approximate surface area is 189 Å². The van der Waals surface area contributed by atoms with E-state index in [1.807, 2.05) is 0 Å². The number of carbonyl (C=O) groups is 3. The number of aliphatic hydroxyl groups is 1. The highest BCUT2D eigenvalue weighted by atomic mass is 32.2. The number of aryl methyl sites for hydroxylation is 1. The number of carbonyl (C=O) groups excluding carboxylic acids is 2. The molecule has 0 radical (unpaired) electrons. The Morgan fingerprint density at radius 2 is 2.09 bits per heavy atom. The van der Waals surface area contributed by atoms with Crippen LogP contribution in [0.1, 0.15) is 11.7 Å². The van der Waals surface area contributed by atoms with E-state index in [0.29, 0.717) is 16.5 Å². The smallest absolute Gasteiger partial charge is 0.352 e. The molecule has 0 bridgehead atoms. The number of aliphatic carboxylic acids is 1. The van der Waals surface area contributed by atoms with E-state index in [1.54, 1.807) is 7.05 Å². The first-order valence-corrected chi connectivity index (χ1v) is 11.3. The van der Waals surface area contributed by atoms with Crippen molar-refractivity contribution in [1.82, 2.24) is 30.4 Å². The fourth-order valence-corrected chi connectivity index (χ4v) is 5.65. The van der Waals surface area contributed by atoms with Gasteiger partial charge in [0.2, 0.25) is 5.16 Å². The van der Waals surface area contributed by atoms with Crippen LogP contribution in [0.4, 0.5) is 4.39 Å². The van der Waals surface area contributed by atoms with Crippen molar-refractivity contribution in [3.8, 4) is 0 Å². The fraction of sp³-hybridized carbons (Fsp3) is 0.333. The number of benzene rings is 1. The third-order valence-corrected chi connectivity index (χ3v) is 7.37. The average Bonchev–Trinajstić information content (AvgIpc) is 3.19. The Hall–Kier alpha value is -2.97. The molecule has 0 saturated carbocycles. The second kappa shape index (κ2) is 8.88. The van der Waals surface area contributed by atoms with Crippen LogP contribution in [0.5, 0.6) is 0 Å². The van der Waals surface area contributed by atoms with Gasteiger partial charge in [-0.15, -0.1) is 16.9 Å². The number of nitrogens with one attached hydrogen (secondary N) is 1. The summed E-state index contributed by atoms with van der Waals surface area (Å²) in [6.07, 6.45) is -1.59. The number of halogens is 1. The summed E-state index contributed by atoms with van der Waals surface area (Å²) < 4.78 is 14.5. The Morgan fingerprint density at radius 1 is 1.38 bits per heavy atom. The molecule has 3 heterocycles. The van der Waals surface area contributed by atoms with Crippen LogP contribution in [0.2, 0.25) is 0 Å². The number of fused-ring (bicyclic) bond motifs is 1. The van der Waals surface area contributed by atoms with Crippen molar-refractivity contribution in [2.24, 2.45) is 7.05 Å². The van der Waals surface area contributed by atoms with Gasteiger partial charge in [0.15, 0.2) is 6.10 Å². The van der Waals surface area contributed by atoms with Crippen molar-refractivity contribution in [1.29, 1.82) is 0 Å². The minimum absolute atomic E-state index is 0.119. The molecule has 3 N–H and O–H groups in total. The highest BCUT2D eigenvalue weighted by Crippen LogP contribution is 2.41. The number of nitrogens with zero attached hydrogens (tertiary/aromatic N) is 5. The first-order chi connectivity index (χ1) is 15.3.